The lowest BCUT2D eigenvalue weighted by atomic mass is 9.87. The van der Waals surface area contributed by atoms with Crippen LogP contribution in [0.4, 0.5) is 0 Å². The predicted molar refractivity (Wildman–Crippen MR) is 96.3 cm³/mol. The lowest BCUT2D eigenvalue weighted by Gasteiger charge is -2.27. The lowest BCUT2D eigenvalue weighted by Crippen LogP contribution is -2.37. The van der Waals surface area contributed by atoms with Gasteiger partial charge < -0.3 is 5.32 Å². The number of thiophene rings is 1. The maximum absolute atomic E-state index is 3.75. The van der Waals surface area contributed by atoms with E-state index in [1.165, 1.54) is 47.8 Å². The molecule has 0 spiro atoms. The molecule has 0 aliphatic heterocycles. The summed E-state index contributed by atoms with van der Waals surface area (Å²) in [6.07, 6.45) is 6.45. The largest absolute Gasteiger partial charge is 0.314 e. The Bertz CT molecular complexity index is 531. The van der Waals surface area contributed by atoms with Crippen molar-refractivity contribution in [3.8, 4) is 0 Å². The molecule has 1 aromatic heterocycles. The molecule has 0 saturated carbocycles. The van der Waals surface area contributed by atoms with Crippen LogP contribution in [0.15, 0.2) is 29.6 Å². The Balaban J connectivity index is 2.14. The van der Waals surface area contributed by atoms with Crippen LogP contribution in [-0.2, 0) is 6.42 Å². The molecule has 1 nitrogen and oxygen atoms in total. The van der Waals surface area contributed by atoms with Crippen molar-refractivity contribution < 1.29 is 0 Å². The number of hydrogen-bond acceptors (Lipinski definition) is 2. The van der Waals surface area contributed by atoms with Crippen molar-refractivity contribution in [2.24, 2.45) is 5.92 Å². The van der Waals surface area contributed by atoms with Gasteiger partial charge in [-0.05, 0) is 47.7 Å². The fraction of sp³-hybridized carbons (Fsp3) is 0.579. The molecule has 21 heavy (non-hydrogen) atoms. The van der Waals surface area contributed by atoms with Crippen LogP contribution in [0.25, 0.3) is 10.1 Å². The highest BCUT2D eigenvalue weighted by Gasteiger charge is 2.20. The second kappa shape index (κ2) is 8.55. The van der Waals surface area contributed by atoms with E-state index in [1.54, 1.807) is 0 Å². The first kappa shape index (κ1) is 16.5. The van der Waals surface area contributed by atoms with Crippen molar-refractivity contribution >= 4 is 21.4 Å². The lowest BCUT2D eigenvalue weighted by molar-refractivity contribution is 0.320. The molecule has 2 unspecified atom stereocenters. The fourth-order valence-electron chi connectivity index (χ4n) is 3.25. The maximum Gasteiger partial charge on any atom is 0.0345 e. The molecule has 0 fully saturated rings. The van der Waals surface area contributed by atoms with Gasteiger partial charge in [0.25, 0.3) is 0 Å². The molecule has 1 aromatic carbocycles. The zero-order valence-electron chi connectivity index (χ0n) is 13.7. The van der Waals surface area contributed by atoms with Crippen LogP contribution in [-0.4, -0.2) is 12.6 Å². The third-order valence-electron chi connectivity index (χ3n) is 4.49. The molecule has 0 bridgehead atoms. The second-order valence-electron chi connectivity index (χ2n) is 5.94. The van der Waals surface area contributed by atoms with Crippen LogP contribution in [0.2, 0.25) is 0 Å². The van der Waals surface area contributed by atoms with E-state index in [0.29, 0.717) is 6.04 Å². The molecule has 0 aliphatic rings. The van der Waals surface area contributed by atoms with Crippen molar-refractivity contribution in [2.45, 2.75) is 58.9 Å². The number of likely N-dealkylation sites (N-methyl/N-ethyl adjacent to an activating group) is 1. The first-order chi connectivity index (χ1) is 10.3. The van der Waals surface area contributed by atoms with E-state index in [9.17, 15) is 0 Å². The summed E-state index contributed by atoms with van der Waals surface area (Å²) < 4.78 is 1.42. The van der Waals surface area contributed by atoms with Crippen LogP contribution in [0.3, 0.4) is 0 Å². The molecular weight excluding hydrogens is 274 g/mol. The van der Waals surface area contributed by atoms with Crippen molar-refractivity contribution in [1.29, 1.82) is 0 Å². The summed E-state index contributed by atoms with van der Waals surface area (Å²) in [6, 6.07) is 9.43. The van der Waals surface area contributed by atoms with Gasteiger partial charge in [0.1, 0.15) is 0 Å². The topological polar surface area (TPSA) is 12.0 Å². The Kier molecular flexibility index (Phi) is 6.72. The van der Waals surface area contributed by atoms with E-state index in [1.807, 2.05) is 11.3 Å². The van der Waals surface area contributed by atoms with Crippen LogP contribution in [0.5, 0.6) is 0 Å². The molecule has 2 aromatic rings. The molecule has 2 rings (SSSR count). The van der Waals surface area contributed by atoms with Gasteiger partial charge in [0.05, 0.1) is 0 Å². The molecule has 0 saturated heterocycles. The van der Waals surface area contributed by atoms with Gasteiger partial charge in [0.2, 0.25) is 0 Å². The minimum absolute atomic E-state index is 0.615. The monoisotopic (exact) mass is 303 g/mol. The van der Waals surface area contributed by atoms with Gasteiger partial charge in [-0.2, -0.15) is 0 Å². The Hall–Kier alpha value is -0.860. The number of nitrogens with one attached hydrogen (secondary N) is 1. The van der Waals surface area contributed by atoms with Crippen LogP contribution >= 0.6 is 11.3 Å². The Labute approximate surface area is 133 Å². The van der Waals surface area contributed by atoms with E-state index in [0.717, 1.165) is 12.5 Å². The summed E-state index contributed by atoms with van der Waals surface area (Å²) in [7, 11) is 0. The normalized spacial score (nSPS) is 14.4. The summed E-state index contributed by atoms with van der Waals surface area (Å²) in [6.45, 7) is 7.93. The van der Waals surface area contributed by atoms with Crippen LogP contribution in [0, 0.1) is 5.92 Å². The van der Waals surface area contributed by atoms with Gasteiger partial charge in [-0.3, -0.25) is 0 Å². The second-order valence-corrected chi connectivity index (χ2v) is 6.85. The van der Waals surface area contributed by atoms with Gasteiger partial charge >= 0.3 is 0 Å². The van der Waals surface area contributed by atoms with Gasteiger partial charge in [0.15, 0.2) is 0 Å². The third kappa shape index (κ3) is 4.31. The maximum atomic E-state index is 3.75. The van der Waals surface area contributed by atoms with E-state index in [-0.39, 0.29) is 0 Å². The van der Waals surface area contributed by atoms with E-state index in [4.69, 9.17) is 0 Å². The van der Waals surface area contributed by atoms with Gasteiger partial charge in [-0.1, -0.05) is 58.2 Å². The summed E-state index contributed by atoms with van der Waals surface area (Å²) in [5.74, 6) is 0.795. The third-order valence-corrected chi connectivity index (χ3v) is 5.50. The SMILES string of the molecule is CCCCC(CC)C(Cc1csc2ccccc12)NCC. The highest BCUT2D eigenvalue weighted by molar-refractivity contribution is 7.17. The summed E-state index contributed by atoms with van der Waals surface area (Å²) >= 11 is 1.88. The minimum atomic E-state index is 0.615. The standard InChI is InChI=1S/C19H29NS/c1-4-7-10-15(5-2)18(20-6-3)13-16-14-21-19-12-9-8-11-17(16)19/h8-9,11-12,14-15,18,20H,4-7,10,13H2,1-3H3. The summed E-state index contributed by atoms with van der Waals surface area (Å²) in [4.78, 5) is 0. The van der Waals surface area contributed by atoms with Crippen molar-refractivity contribution in [2.75, 3.05) is 6.54 Å². The molecule has 2 atom stereocenters. The molecular formula is C19H29NS. The smallest absolute Gasteiger partial charge is 0.0345 e. The summed E-state index contributed by atoms with van der Waals surface area (Å²) in [5.41, 5.74) is 1.52. The minimum Gasteiger partial charge on any atom is -0.314 e. The Morgan fingerprint density at radius 2 is 1.95 bits per heavy atom. The van der Waals surface area contributed by atoms with Gasteiger partial charge in [-0.25, -0.2) is 0 Å². The quantitative estimate of drug-likeness (QED) is 0.632. The highest BCUT2D eigenvalue weighted by Crippen LogP contribution is 2.29. The van der Waals surface area contributed by atoms with E-state index in [2.05, 4.69) is 55.7 Å². The van der Waals surface area contributed by atoms with Gasteiger partial charge in [-0.15, -0.1) is 11.3 Å². The molecule has 1 heterocycles. The van der Waals surface area contributed by atoms with Crippen molar-refractivity contribution in [1.82, 2.24) is 5.32 Å². The highest BCUT2D eigenvalue weighted by atomic mass is 32.1. The average molecular weight is 304 g/mol. The molecule has 0 aliphatic carbocycles. The molecule has 0 radical (unpaired) electrons. The Morgan fingerprint density at radius 3 is 2.67 bits per heavy atom. The molecule has 1 N–H and O–H groups in total. The first-order valence-electron chi connectivity index (χ1n) is 8.48. The predicted octanol–water partition coefficient (Wildman–Crippen LogP) is 5.64. The average Bonchev–Trinajstić information content (AvgIpc) is 2.91. The molecule has 2 heteroatoms. The zero-order valence-corrected chi connectivity index (χ0v) is 14.5. The number of unbranched alkanes of at least 4 members (excludes halogenated alkanes) is 1. The number of benzene rings is 1. The Morgan fingerprint density at radius 1 is 1.14 bits per heavy atom. The van der Waals surface area contributed by atoms with Crippen LogP contribution < -0.4 is 5.32 Å². The zero-order chi connectivity index (χ0) is 15.1. The number of rotatable bonds is 9. The van der Waals surface area contributed by atoms with Gasteiger partial charge in [0, 0.05) is 10.7 Å². The number of fused-ring (bicyclic) bond motifs is 1. The first-order valence-corrected chi connectivity index (χ1v) is 9.36. The van der Waals surface area contributed by atoms with Crippen LogP contribution in [0.1, 0.15) is 52.0 Å². The molecule has 116 valence electrons. The van der Waals surface area contributed by atoms with Crippen molar-refractivity contribution in [3.63, 3.8) is 0 Å². The van der Waals surface area contributed by atoms with Crippen molar-refractivity contribution in [3.05, 3.63) is 35.2 Å². The summed E-state index contributed by atoms with van der Waals surface area (Å²) in [5, 5.41) is 7.57. The van der Waals surface area contributed by atoms with E-state index < -0.39 is 0 Å². The molecule has 0 amide bonds. The number of hydrogen-bond donors (Lipinski definition) is 1. The van der Waals surface area contributed by atoms with E-state index >= 15 is 0 Å². The fourth-order valence-corrected chi connectivity index (χ4v) is 4.23.